The Bertz CT molecular complexity index is 1060. The number of fused-ring (bicyclic) bond motifs is 1. The molecule has 3 N–H and O–H groups in total. The lowest BCUT2D eigenvalue weighted by Gasteiger charge is -2.43. The van der Waals surface area contributed by atoms with Crippen LogP contribution in [0.3, 0.4) is 0 Å². The molecule has 2 aromatic rings. The highest BCUT2D eigenvalue weighted by atomic mass is 79.9. The molecule has 1 atom stereocenters. The molecule has 0 radical (unpaired) electrons. The molecule has 9 nitrogen and oxygen atoms in total. The number of hydroxylamine groups is 2. The Morgan fingerprint density at radius 1 is 1.31 bits per heavy atom. The van der Waals surface area contributed by atoms with Gasteiger partial charge >= 0.3 is 11.9 Å². The summed E-state index contributed by atoms with van der Waals surface area (Å²) in [6.45, 7) is 0.598. The van der Waals surface area contributed by atoms with Crippen molar-refractivity contribution in [2.24, 2.45) is 5.92 Å². The second-order valence-corrected chi connectivity index (χ2v) is 10.2. The summed E-state index contributed by atoms with van der Waals surface area (Å²) in [6.07, 6.45) is 7.92. The molecule has 2 aliphatic rings. The maximum Gasteiger partial charge on any atom is 0.359 e. The summed E-state index contributed by atoms with van der Waals surface area (Å²) in [5, 5.41) is 23.8. The highest BCUT2D eigenvalue weighted by molar-refractivity contribution is 9.10. The van der Waals surface area contributed by atoms with Crippen LogP contribution in [0.2, 0.25) is 5.02 Å². The van der Waals surface area contributed by atoms with Crippen LogP contribution in [-0.2, 0) is 22.5 Å². The normalized spacial score (nSPS) is 19.9. The molecule has 1 fully saturated rings. The Kier molecular flexibility index (Phi) is 8.59. The Labute approximate surface area is 216 Å². The zero-order chi connectivity index (χ0) is 24.9. The van der Waals surface area contributed by atoms with Crippen molar-refractivity contribution in [1.82, 2.24) is 15.0 Å². The minimum absolute atomic E-state index is 0.0684. The van der Waals surface area contributed by atoms with Gasteiger partial charge in [0.2, 0.25) is 0 Å². The van der Waals surface area contributed by atoms with Gasteiger partial charge in [-0.1, -0.05) is 17.7 Å². The third-order valence-electron chi connectivity index (χ3n) is 6.57. The predicted molar refractivity (Wildman–Crippen MR) is 133 cm³/mol. The molecule has 2 aromatic heterocycles. The number of nitrogens with one attached hydrogen (secondary N) is 1. The number of nitrogens with zero attached hydrogens (tertiary/aromatic N) is 3. The molecule has 0 bridgehead atoms. The van der Waals surface area contributed by atoms with Crippen LogP contribution in [0.5, 0.6) is 0 Å². The lowest BCUT2D eigenvalue weighted by molar-refractivity contribution is -0.204. The van der Waals surface area contributed by atoms with Crippen LogP contribution in [0, 0.1) is 5.92 Å². The molecule has 4 rings (SSSR count). The number of halogens is 2. The number of aliphatic hydroxyl groups excluding tert-OH is 1. The number of carboxylic acids is 1. The van der Waals surface area contributed by atoms with Gasteiger partial charge in [-0.05, 0) is 78.4 Å². The van der Waals surface area contributed by atoms with Crippen LogP contribution in [-0.4, -0.2) is 62.4 Å². The highest BCUT2D eigenvalue weighted by Gasteiger charge is 2.42. The fourth-order valence-corrected chi connectivity index (χ4v) is 5.47. The molecule has 1 saturated carbocycles. The molecule has 1 aliphatic heterocycles. The van der Waals surface area contributed by atoms with E-state index < -0.39 is 18.0 Å². The Hall–Kier alpha value is -2.27. The van der Waals surface area contributed by atoms with Gasteiger partial charge < -0.3 is 20.4 Å². The van der Waals surface area contributed by atoms with Crippen LogP contribution in [0.4, 0.5) is 5.82 Å². The molecular weight excluding hydrogens is 540 g/mol. The number of aliphatic carboxylic acids is 1. The van der Waals surface area contributed by atoms with Crippen molar-refractivity contribution >= 4 is 45.3 Å². The van der Waals surface area contributed by atoms with E-state index >= 15 is 0 Å². The average molecular weight is 568 g/mol. The third-order valence-corrected chi connectivity index (χ3v) is 7.46. The first-order valence-corrected chi connectivity index (χ1v) is 12.9. The van der Waals surface area contributed by atoms with E-state index in [2.05, 4.69) is 38.4 Å². The predicted octanol–water partition coefficient (Wildman–Crippen LogP) is 3.87. The van der Waals surface area contributed by atoms with Gasteiger partial charge in [0, 0.05) is 37.3 Å². The van der Waals surface area contributed by atoms with E-state index in [-0.39, 0.29) is 29.7 Å². The van der Waals surface area contributed by atoms with Crippen molar-refractivity contribution in [3.63, 3.8) is 0 Å². The number of pyridine rings is 2. The Morgan fingerprint density at radius 2 is 2.11 bits per heavy atom. The molecule has 35 heavy (non-hydrogen) atoms. The summed E-state index contributed by atoms with van der Waals surface area (Å²) < 4.78 is 0.350. The van der Waals surface area contributed by atoms with Crippen molar-refractivity contribution in [2.75, 3.05) is 18.5 Å². The second-order valence-electron chi connectivity index (χ2n) is 8.95. The van der Waals surface area contributed by atoms with Crippen LogP contribution >= 0.6 is 27.5 Å². The number of rotatable bonds is 10. The van der Waals surface area contributed by atoms with Crippen molar-refractivity contribution in [2.45, 2.75) is 57.0 Å². The van der Waals surface area contributed by atoms with Crippen molar-refractivity contribution in [1.29, 1.82) is 0 Å². The number of aliphatic hydroxyl groups is 1. The van der Waals surface area contributed by atoms with Gasteiger partial charge in [0.15, 0.2) is 0 Å². The van der Waals surface area contributed by atoms with Gasteiger partial charge in [-0.15, -0.1) is 5.06 Å². The number of aromatic nitrogens is 2. The number of carbonyl (C=O) groups excluding carboxylic acids is 1. The summed E-state index contributed by atoms with van der Waals surface area (Å²) in [7, 11) is 0. The number of hydrogen-bond acceptors (Lipinski definition) is 8. The first-order valence-electron chi connectivity index (χ1n) is 11.7. The first-order chi connectivity index (χ1) is 16.9. The number of anilines is 1. The summed E-state index contributed by atoms with van der Waals surface area (Å²) in [5.74, 6) is -0.608. The molecule has 3 heterocycles. The lowest BCUT2D eigenvalue weighted by atomic mass is 9.76. The van der Waals surface area contributed by atoms with Crippen LogP contribution in [0.15, 0.2) is 29.0 Å². The maximum atomic E-state index is 12.9. The molecule has 1 aliphatic carbocycles. The number of carboxylic acid groups (broad SMARTS) is 1. The minimum atomic E-state index is -1.17. The third kappa shape index (κ3) is 6.11. The zero-order valence-electron chi connectivity index (χ0n) is 19.1. The topological polar surface area (TPSA) is 125 Å². The second kappa shape index (κ2) is 11.6. The highest BCUT2D eigenvalue weighted by Crippen LogP contribution is 2.37. The number of carbonyl (C=O) groups is 2. The average Bonchev–Trinajstić information content (AvgIpc) is 2.80. The molecule has 0 saturated heterocycles. The minimum Gasteiger partial charge on any atom is -0.480 e. The molecule has 0 unspecified atom stereocenters. The smallest absolute Gasteiger partial charge is 0.359 e. The van der Waals surface area contributed by atoms with Gasteiger partial charge in [0.1, 0.15) is 11.9 Å². The fourth-order valence-electron chi connectivity index (χ4n) is 4.63. The lowest BCUT2D eigenvalue weighted by Crippen LogP contribution is -2.53. The van der Waals surface area contributed by atoms with Gasteiger partial charge in [-0.3, -0.25) is 9.78 Å². The summed E-state index contributed by atoms with van der Waals surface area (Å²) >= 11 is 9.37. The van der Waals surface area contributed by atoms with Gasteiger partial charge in [0.25, 0.3) is 0 Å². The van der Waals surface area contributed by atoms with Crippen LogP contribution in [0.1, 0.15) is 53.7 Å². The molecule has 0 amide bonds. The quantitative estimate of drug-likeness (QED) is 0.367. The summed E-state index contributed by atoms with van der Waals surface area (Å²) in [5.41, 5.74) is 2.36. The SMILES string of the molecule is O=C(ON(C1CC(CCc2ccc3c(n2)NCCC3)C1)[C@@H](CCO)C(=O)O)c1c(Cl)cncc1Br. The number of aryl methyl sites for hydroxylation is 2. The van der Waals surface area contributed by atoms with E-state index in [1.165, 1.54) is 23.0 Å². The van der Waals surface area contributed by atoms with E-state index in [0.717, 1.165) is 43.7 Å². The van der Waals surface area contributed by atoms with Gasteiger partial charge in [0.05, 0.1) is 15.1 Å². The van der Waals surface area contributed by atoms with E-state index in [0.29, 0.717) is 23.2 Å². The standard InChI is InChI=1S/C24H28BrClN4O5/c25-18-12-27-13-19(26)21(18)24(34)35-30(20(7-9-31)23(32)33)17-10-14(11-17)3-5-16-6-4-15-2-1-8-28-22(15)29-16/h4,6,12-14,17,20,31H,1-3,5,7-11H2,(H,28,29)(H,32,33)/t14?,17?,20-/m0/s1. The van der Waals surface area contributed by atoms with E-state index in [1.807, 2.05) is 0 Å². The summed E-state index contributed by atoms with van der Waals surface area (Å²) in [6, 6.07) is 2.79. The molecular formula is C24H28BrClN4O5. The van der Waals surface area contributed by atoms with Gasteiger partial charge in [-0.25, -0.2) is 9.78 Å². The molecule has 188 valence electrons. The largest absolute Gasteiger partial charge is 0.480 e. The van der Waals surface area contributed by atoms with Crippen molar-refractivity contribution < 1.29 is 24.6 Å². The number of hydrogen-bond donors (Lipinski definition) is 3. The molecule has 0 aromatic carbocycles. The monoisotopic (exact) mass is 566 g/mol. The van der Waals surface area contributed by atoms with Crippen molar-refractivity contribution in [3.8, 4) is 0 Å². The van der Waals surface area contributed by atoms with E-state index in [1.54, 1.807) is 0 Å². The van der Waals surface area contributed by atoms with Crippen LogP contribution < -0.4 is 5.32 Å². The fraction of sp³-hybridized carbons (Fsp3) is 0.500. The van der Waals surface area contributed by atoms with Crippen molar-refractivity contribution in [3.05, 3.63) is 50.8 Å². The Morgan fingerprint density at radius 3 is 2.83 bits per heavy atom. The van der Waals surface area contributed by atoms with Gasteiger partial charge in [-0.2, -0.15) is 0 Å². The molecule has 0 spiro atoms. The molecule has 11 heteroatoms. The van der Waals surface area contributed by atoms with Crippen LogP contribution in [0.25, 0.3) is 0 Å². The zero-order valence-corrected chi connectivity index (χ0v) is 21.5. The van der Waals surface area contributed by atoms with E-state index in [9.17, 15) is 19.8 Å². The van der Waals surface area contributed by atoms with E-state index in [4.69, 9.17) is 21.4 Å². The first kappa shape index (κ1) is 25.8. The Balaban J connectivity index is 1.40. The maximum absolute atomic E-state index is 12.9. The summed E-state index contributed by atoms with van der Waals surface area (Å²) in [4.78, 5) is 39.1.